The van der Waals surface area contributed by atoms with Gasteiger partial charge in [0.15, 0.2) is 0 Å². The molecule has 0 saturated carbocycles. The van der Waals surface area contributed by atoms with Crippen LogP contribution in [0.25, 0.3) is 0 Å². The molecule has 1 aliphatic heterocycles. The topological polar surface area (TPSA) is 134 Å². The number of nitrogens with two attached hydrogens (primary N) is 1. The van der Waals surface area contributed by atoms with Gasteiger partial charge in [-0.05, 0) is 42.8 Å². The van der Waals surface area contributed by atoms with E-state index in [1.54, 1.807) is 17.0 Å². The Bertz CT molecular complexity index is 1040. The van der Waals surface area contributed by atoms with Gasteiger partial charge in [0, 0.05) is 43.5 Å². The number of benzene rings is 2. The van der Waals surface area contributed by atoms with Crippen LogP contribution in [0.5, 0.6) is 0 Å². The second kappa shape index (κ2) is 9.95. The number of amides is 2. The molecule has 0 atom stereocenters. The molecule has 9 nitrogen and oxygen atoms in total. The monoisotopic (exact) mass is 439 g/mol. The minimum absolute atomic E-state index is 0.0535. The zero-order valence-electron chi connectivity index (χ0n) is 16.7. The summed E-state index contributed by atoms with van der Waals surface area (Å²) in [4.78, 5) is 39.0. The number of carbonyl (C=O) groups excluding carboxylic acids is 2. The number of nitro benzene ring substituents is 1. The van der Waals surface area contributed by atoms with Crippen molar-refractivity contribution in [3.05, 3.63) is 63.7 Å². The molecule has 1 fully saturated rings. The molecule has 160 valence electrons. The molecule has 31 heavy (non-hydrogen) atoms. The molecule has 2 aromatic rings. The Kier molecular flexibility index (Phi) is 7.10. The number of nitrogens with zero attached hydrogens (tertiary/aromatic N) is 4. The molecule has 0 aliphatic carbocycles. The van der Waals surface area contributed by atoms with Crippen LogP contribution in [0.3, 0.4) is 0 Å². The summed E-state index contributed by atoms with van der Waals surface area (Å²) in [5.41, 5.74) is 6.61. The molecule has 1 aliphatic rings. The van der Waals surface area contributed by atoms with Crippen LogP contribution in [-0.4, -0.2) is 53.6 Å². The predicted octanol–water partition coefficient (Wildman–Crippen LogP) is 2.40. The van der Waals surface area contributed by atoms with Gasteiger partial charge in [0.05, 0.1) is 27.2 Å². The van der Waals surface area contributed by atoms with Gasteiger partial charge in [0.25, 0.3) is 5.69 Å². The number of nitriles is 1. The first-order chi connectivity index (χ1) is 14.9. The van der Waals surface area contributed by atoms with Gasteiger partial charge in [-0.1, -0.05) is 0 Å². The summed E-state index contributed by atoms with van der Waals surface area (Å²) in [5, 5.41) is 20.3. The van der Waals surface area contributed by atoms with Crippen molar-refractivity contribution < 1.29 is 14.5 Å². The van der Waals surface area contributed by atoms with Crippen LogP contribution in [-0.2, 0) is 4.79 Å². The lowest BCUT2D eigenvalue weighted by Gasteiger charge is -2.23. The lowest BCUT2D eigenvalue weighted by atomic mass is 10.2. The van der Waals surface area contributed by atoms with Crippen LogP contribution in [0.2, 0.25) is 0 Å². The van der Waals surface area contributed by atoms with Crippen molar-refractivity contribution in [1.82, 2.24) is 4.90 Å². The van der Waals surface area contributed by atoms with Gasteiger partial charge in [-0.15, -0.1) is 11.8 Å². The third-order valence-corrected chi connectivity index (χ3v) is 6.05. The summed E-state index contributed by atoms with van der Waals surface area (Å²) in [6.45, 7) is 2.61. The highest BCUT2D eigenvalue weighted by molar-refractivity contribution is 8.00. The van der Waals surface area contributed by atoms with Gasteiger partial charge in [-0.2, -0.15) is 5.26 Å². The van der Waals surface area contributed by atoms with Gasteiger partial charge in [0.1, 0.15) is 0 Å². The molecule has 0 aromatic heterocycles. The molecular formula is C21H21N5O4S. The Morgan fingerprint density at radius 1 is 1.13 bits per heavy atom. The smallest absolute Gasteiger partial charge is 0.283 e. The molecule has 0 unspecified atom stereocenters. The Hall–Kier alpha value is -3.58. The summed E-state index contributed by atoms with van der Waals surface area (Å²) in [5.74, 6) is -0.778. The maximum absolute atomic E-state index is 12.7. The molecular weight excluding hydrogens is 418 g/mol. The lowest BCUT2D eigenvalue weighted by molar-refractivity contribution is -0.387. The third kappa shape index (κ3) is 5.52. The number of anilines is 1. The number of thioether (sulfide) groups is 1. The van der Waals surface area contributed by atoms with Crippen molar-refractivity contribution >= 4 is 35.0 Å². The second-order valence-electron chi connectivity index (χ2n) is 6.97. The molecule has 1 heterocycles. The molecule has 2 amide bonds. The van der Waals surface area contributed by atoms with E-state index in [9.17, 15) is 19.7 Å². The first-order valence-corrected chi connectivity index (χ1v) is 10.6. The number of rotatable bonds is 6. The zero-order valence-corrected chi connectivity index (χ0v) is 17.5. The van der Waals surface area contributed by atoms with Crippen LogP contribution >= 0.6 is 11.8 Å². The van der Waals surface area contributed by atoms with Crippen molar-refractivity contribution in [2.45, 2.75) is 11.3 Å². The lowest BCUT2D eigenvalue weighted by Crippen LogP contribution is -2.36. The fourth-order valence-corrected chi connectivity index (χ4v) is 4.25. The highest BCUT2D eigenvalue weighted by atomic mass is 32.2. The summed E-state index contributed by atoms with van der Waals surface area (Å²) in [7, 11) is 0. The van der Waals surface area contributed by atoms with E-state index in [0.29, 0.717) is 30.1 Å². The van der Waals surface area contributed by atoms with Gasteiger partial charge in [-0.25, -0.2) is 0 Å². The minimum atomic E-state index is -0.743. The fraction of sp³-hybridized carbons (Fsp3) is 0.286. The summed E-state index contributed by atoms with van der Waals surface area (Å²) in [6.07, 6.45) is 0.796. The van der Waals surface area contributed by atoms with E-state index in [2.05, 4.69) is 11.0 Å². The van der Waals surface area contributed by atoms with E-state index >= 15 is 0 Å². The largest absolute Gasteiger partial charge is 0.370 e. The van der Waals surface area contributed by atoms with Crippen LogP contribution < -0.4 is 10.6 Å². The summed E-state index contributed by atoms with van der Waals surface area (Å²) in [6, 6.07) is 13.5. The molecule has 0 spiro atoms. The van der Waals surface area contributed by atoms with Crippen LogP contribution in [0.4, 0.5) is 11.4 Å². The fourth-order valence-electron chi connectivity index (χ4n) is 3.34. The van der Waals surface area contributed by atoms with Crippen molar-refractivity contribution in [1.29, 1.82) is 5.26 Å². The average Bonchev–Trinajstić information content (AvgIpc) is 3.03. The number of nitro groups is 1. The van der Waals surface area contributed by atoms with Crippen LogP contribution in [0, 0.1) is 21.4 Å². The Morgan fingerprint density at radius 3 is 2.52 bits per heavy atom. The maximum atomic E-state index is 12.7. The molecule has 2 aromatic carbocycles. The average molecular weight is 439 g/mol. The molecule has 2 N–H and O–H groups in total. The quantitative estimate of drug-likeness (QED) is 0.415. The highest BCUT2D eigenvalue weighted by Crippen LogP contribution is 2.30. The van der Waals surface area contributed by atoms with Crippen LogP contribution in [0.15, 0.2) is 47.4 Å². The van der Waals surface area contributed by atoms with Gasteiger partial charge >= 0.3 is 0 Å². The number of primary amides is 1. The van der Waals surface area contributed by atoms with E-state index < -0.39 is 10.8 Å². The molecule has 0 bridgehead atoms. The Balaban J connectivity index is 1.60. The van der Waals surface area contributed by atoms with Gasteiger partial charge in [0.2, 0.25) is 11.8 Å². The second-order valence-corrected chi connectivity index (χ2v) is 7.99. The first kappa shape index (κ1) is 22.1. The number of hydrogen-bond acceptors (Lipinski definition) is 7. The Morgan fingerprint density at radius 2 is 1.87 bits per heavy atom. The third-order valence-electron chi connectivity index (χ3n) is 5.00. The van der Waals surface area contributed by atoms with E-state index in [1.807, 2.05) is 12.1 Å². The van der Waals surface area contributed by atoms with Crippen molar-refractivity contribution in [2.75, 3.05) is 36.8 Å². The summed E-state index contributed by atoms with van der Waals surface area (Å²) >= 11 is 1.08. The van der Waals surface area contributed by atoms with Crippen molar-refractivity contribution in [3.63, 3.8) is 0 Å². The van der Waals surface area contributed by atoms with E-state index in [1.165, 1.54) is 12.1 Å². The van der Waals surface area contributed by atoms with E-state index in [0.717, 1.165) is 36.5 Å². The molecule has 1 saturated heterocycles. The van der Waals surface area contributed by atoms with Gasteiger partial charge < -0.3 is 15.5 Å². The molecule has 3 rings (SSSR count). The van der Waals surface area contributed by atoms with E-state index in [-0.39, 0.29) is 22.9 Å². The normalized spacial score (nSPS) is 13.9. The zero-order chi connectivity index (χ0) is 22.4. The molecule has 0 radical (unpaired) electrons. The standard InChI is InChI=1S/C21H21N5O4S/c22-13-15-2-5-17(6-3-15)24-8-1-9-25(11-10-24)20(27)14-31-19-7-4-16(21(23)28)12-18(19)26(29)30/h2-7,12H,1,8-11,14H2,(H2,23,28). The number of hydrogen-bond donors (Lipinski definition) is 1. The van der Waals surface area contributed by atoms with Crippen LogP contribution in [0.1, 0.15) is 22.3 Å². The SMILES string of the molecule is N#Cc1ccc(N2CCCN(C(=O)CSc3ccc(C(N)=O)cc3[N+](=O)[O-])CC2)cc1. The van der Waals surface area contributed by atoms with Crippen molar-refractivity contribution in [3.8, 4) is 6.07 Å². The number of carbonyl (C=O) groups is 2. The maximum Gasteiger partial charge on any atom is 0.283 e. The van der Waals surface area contributed by atoms with Gasteiger partial charge in [-0.3, -0.25) is 19.7 Å². The van der Waals surface area contributed by atoms with Crippen molar-refractivity contribution in [2.24, 2.45) is 5.73 Å². The summed E-state index contributed by atoms with van der Waals surface area (Å²) < 4.78 is 0. The first-order valence-electron chi connectivity index (χ1n) is 9.63. The Labute approximate surface area is 183 Å². The van der Waals surface area contributed by atoms with E-state index in [4.69, 9.17) is 11.0 Å². The highest BCUT2D eigenvalue weighted by Gasteiger charge is 2.22. The predicted molar refractivity (Wildman–Crippen MR) is 117 cm³/mol. The molecule has 10 heteroatoms. The minimum Gasteiger partial charge on any atom is -0.370 e.